The Morgan fingerprint density at radius 2 is 2.29 bits per heavy atom. The molecule has 1 aliphatic heterocycles. The van der Waals surface area contributed by atoms with E-state index in [1.165, 1.54) is 30.7 Å². The van der Waals surface area contributed by atoms with Gasteiger partial charge in [-0.05, 0) is 52.3 Å². The molecule has 0 radical (unpaired) electrons. The second-order valence-electron chi connectivity index (χ2n) is 6.31. The van der Waals surface area contributed by atoms with Crippen molar-refractivity contribution in [1.29, 1.82) is 0 Å². The van der Waals surface area contributed by atoms with E-state index >= 15 is 0 Å². The highest BCUT2D eigenvalue weighted by atomic mass is 32.1. The summed E-state index contributed by atoms with van der Waals surface area (Å²) in [6.45, 7) is 6.68. The van der Waals surface area contributed by atoms with Gasteiger partial charge < -0.3 is 15.5 Å². The first kappa shape index (κ1) is 17.1. The summed E-state index contributed by atoms with van der Waals surface area (Å²) >= 11 is 1.44. The van der Waals surface area contributed by atoms with E-state index < -0.39 is 0 Å². The number of fused-ring (bicyclic) bond motifs is 1. The third-order valence-corrected chi connectivity index (χ3v) is 5.91. The van der Waals surface area contributed by atoms with Crippen LogP contribution in [0.5, 0.6) is 0 Å². The quantitative estimate of drug-likeness (QED) is 0.841. The molecule has 1 aliphatic rings. The number of likely N-dealkylation sites (tertiary alicyclic amines) is 1. The summed E-state index contributed by atoms with van der Waals surface area (Å²) in [4.78, 5) is 25.2. The molecule has 1 amide bonds. The second-order valence-corrected chi connectivity index (χ2v) is 7.31. The smallest absolute Gasteiger partial charge is 0.261 e. The van der Waals surface area contributed by atoms with Crippen LogP contribution in [-0.2, 0) is 0 Å². The van der Waals surface area contributed by atoms with Crippen LogP contribution >= 0.6 is 11.3 Å². The molecule has 3 heterocycles. The van der Waals surface area contributed by atoms with Gasteiger partial charge in [-0.25, -0.2) is 9.97 Å². The van der Waals surface area contributed by atoms with Crippen molar-refractivity contribution in [2.24, 2.45) is 0 Å². The van der Waals surface area contributed by atoms with Gasteiger partial charge in [-0.1, -0.05) is 0 Å². The first-order valence-corrected chi connectivity index (χ1v) is 9.39. The minimum atomic E-state index is -0.00130. The highest BCUT2D eigenvalue weighted by Crippen LogP contribution is 2.33. The first-order valence-electron chi connectivity index (χ1n) is 8.58. The van der Waals surface area contributed by atoms with Gasteiger partial charge in [0.2, 0.25) is 0 Å². The monoisotopic (exact) mass is 347 g/mol. The van der Waals surface area contributed by atoms with Gasteiger partial charge in [0.15, 0.2) is 0 Å². The van der Waals surface area contributed by atoms with Gasteiger partial charge in [-0.2, -0.15) is 0 Å². The molecule has 1 unspecified atom stereocenters. The molecule has 6 nitrogen and oxygen atoms in total. The highest BCUT2D eigenvalue weighted by Gasteiger charge is 2.22. The summed E-state index contributed by atoms with van der Waals surface area (Å²) in [6.07, 6.45) is 5.05. The summed E-state index contributed by atoms with van der Waals surface area (Å²) < 4.78 is 0. The third-order valence-electron chi connectivity index (χ3n) is 4.71. The molecule has 24 heavy (non-hydrogen) atoms. The molecule has 0 spiro atoms. The summed E-state index contributed by atoms with van der Waals surface area (Å²) in [5.41, 5.74) is 0.960. The number of hydrogen-bond donors (Lipinski definition) is 2. The average Bonchev–Trinajstić information content (AvgIpc) is 3.12. The molecule has 7 heteroatoms. The van der Waals surface area contributed by atoms with Crippen LogP contribution in [0.2, 0.25) is 0 Å². The van der Waals surface area contributed by atoms with E-state index in [4.69, 9.17) is 0 Å². The molecular weight excluding hydrogens is 322 g/mol. The Morgan fingerprint density at radius 3 is 3.00 bits per heavy atom. The summed E-state index contributed by atoms with van der Waals surface area (Å²) in [5, 5.41) is 7.29. The number of anilines is 1. The van der Waals surface area contributed by atoms with Crippen molar-refractivity contribution in [1.82, 2.24) is 20.2 Å². The van der Waals surface area contributed by atoms with E-state index in [1.54, 1.807) is 6.33 Å². The van der Waals surface area contributed by atoms with E-state index in [0.29, 0.717) is 12.6 Å². The number of rotatable bonds is 6. The minimum absolute atomic E-state index is 0.00130. The Kier molecular flexibility index (Phi) is 5.30. The van der Waals surface area contributed by atoms with Gasteiger partial charge in [-0.3, -0.25) is 4.79 Å². The lowest BCUT2D eigenvalue weighted by Crippen LogP contribution is -2.31. The SMILES string of the molecule is CCNc1ncnc2sc(C(=O)NCCC3CCCN3C)c(C)c12. The van der Waals surface area contributed by atoms with Gasteiger partial charge >= 0.3 is 0 Å². The van der Waals surface area contributed by atoms with E-state index in [-0.39, 0.29) is 5.91 Å². The first-order chi connectivity index (χ1) is 11.6. The maximum Gasteiger partial charge on any atom is 0.261 e. The zero-order chi connectivity index (χ0) is 17.1. The maximum atomic E-state index is 12.6. The zero-order valence-electron chi connectivity index (χ0n) is 14.6. The Labute approximate surface area is 146 Å². The van der Waals surface area contributed by atoms with Crippen LogP contribution < -0.4 is 10.6 Å². The standard InChI is InChI=1S/C17H25N5OS/c1-4-18-15-13-11(2)14(24-17(13)21-10-20-15)16(23)19-8-7-12-6-5-9-22(12)3/h10,12H,4-9H2,1-3H3,(H,19,23)(H,18,20,21). The van der Waals surface area contributed by atoms with E-state index in [2.05, 4.69) is 32.5 Å². The minimum Gasteiger partial charge on any atom is -0.370 e. The molecule has 3 rings (SSSR count). The summed E-state index contributed by atoms with van der Waals surface area (Å²) in [6, 6.07) is 0.597. The molecule has 0 saturated carbocycles. The van der Waals surface area contributed by atoms with E-state index in [1.807, 2.05) is 13.8 Å². The number of aryl methyl sites for hydroxylation is 1. The van der Waals surface area contributed by atoms with Crippen LogP contribution in [0.3, 0.4) is 0 Å². The van der Waals surface area contributed by atoms with Crippen LogP contribution in [0.4, 0.5) is 5.82 Å². The van der Waals surface area contributed by atoms with Crippen LogP contribution in [0.1, 0.15) is 41.4 Å². The number of hydrogen-bond acceptors (Lipinski definition) is 6. The van der Waals surface area contributed by atoms with E-state index in [9.17, 15) is 4.79 Å². The average molecular weight is 347 g/mol. The zero-order valence-corrected chi connectivity index (χ0v) is 15.4. The predicted octanol–water partition coefficient (Wildman–Crippen LogP) is 2.65. The topological polar surface area (TPSA) is 70.1 Å². The number of nitrogens with one attached hydrogen (secondary N) is 2. The van der Waals surface area contributed by atoms with Crippen molar-refractivity contribution < 1.29 is 4.79 Å². The Bertz CT molecular complexity index is 729. The predicted molar refractivity (Wildman–Crippen MR) is 98.9 cm³/mol. The van der Waals surface area contributed by atoms with Crippen molar-refractivity contribution in [2.45, 2.75) is 39.2 Å². The summed E-state index contributed by atoms with van der Waals surface area (Å²) in [5.74, 6) is 0.807. The fourth-order valence-corrected chi connectivity index (χ4v) is 4.43. The van der Waals surface area contributed by atoms with Gasteiger partial charge in [-0.15, -0.1) is 11.3 Å². The number of carbonyl (C=O) groups excluding carboxylic acids is 1. The van der Waals surface area contributed by atoms with Crippen molar-refractivity contribution in [3.05, 3.63) is 16.8 Å². The number of thiophene rings is 1. The highest BCUT2D eigenvalue weighted by molar-refractivity contribution is 7.20. The molecule has 2 aromatic rings. The number of carbonyl (C=O) groups is 1. The fraction of sp³-hybridized carbons (Fsp3) is 0.588. The molecule has 1 atom stereocenters. The fourth-order valence-electron chi connectivity index (χ4n) is 3.37. The lowest BCUT2D eigenvalue weighted by atomic mass is 10.1. The molecule has 2 N–H and O–H groups in total. The molecule has 0 aromatic carbocycles. The largest absolute Gasteiger partial charge is 0.370 e. The van der Waals surface area contributed by atoms with Crippen LogP contribution in [0.15, 0.2) is 6.33 Å². The van der Waals surface area contributed by atoms with Crippen molar-refractivity contribution >= 4 is 33.3 Å². The Morgan fingerprint density at radius 1 is 1.46 bits per heavy atom. The molecule has 1 saturated heterocycles. The van der Waals surface area contributed by atoms with Crippen molar-refractivity contribution in [3.8, 4) is 0 Å². The molecule has 2 aromatic heterocycles. The lowest BCUT2D eigenvalue weighted by molar-refractivity contribution is 0.0954. The Balaban J connectivity index is 1.70. The van der Waals surface area contributed by atoms with Crippen molar-refractivity contribution in [2.75, 3.05) is 32.0 Å². The van der Waals surface area contributed by atoms with Crippen LogP contribution in [-0.4, -0.2) is 53.5 Å². The third kappa shape index (κ3) is 3.37. The van der Waals surface area contributed by atoms with Gasteiger partial charge in [0, 0.05) is 19.1 Å². The molecule has 0 bridgehead atoms. The molecule has 1 fully saturated rings. The lowest BCUT2D eigenvalue weighted by Gasteiger charge is -2.19. The number of nitrogens with zero attached hydrogens (tertiary/aromatic N) is 3. The normalized spacial score (nSPS) is 18.2. The number of aromatic nitrogens is 2. The second kappa shape index (κ2) is 7.44. The van der Waals surface area contributed by atoms with Gasteiger partial charge in [0.05, 0.1) is 10.3 Å². The van der Waals surface area contributed by atoms with Crippen LogP contribution in [0.25, 0.3) is 10.2 Å². The van der Waals surface area contributed by atoms with Gasteiger partial charge in [0.1, 0.15) is 17.0 Å². The van der Waals surface area contributed by atoms with Crippen molar-refractivity contribution in [3.63, 3.8) is 0 Å². The molecular formula is C17H25N5OS. The summed E-state index contributed by atoms with van der Waals surface area (Å²) in [7, 11) is 2.16. The van der Waals surface area contributed by atoms with Gasteiger partial charge in [0.25, 0.3) is 5.91 Å². The van der Waals surface area contributed by atoms with Crippen LogP contribution in [0, 0.1) is 6.92 Å². The Hall–Kier alpha value is -1.73. The maximum absolute atomic E-state index is 12.6. The number of amides is 1. The molecule has 0 aliphatic carbocycles. The van der Waals surface area contributed by atoms with E-state index in [0.717, 1.165) is 39.4 Å². The molecule has 130 valence electrons.